The fraction of sp³-hybridized carbons (Fsp3) is 0.378. The molecule has 3 amide bonds. The SMILES string of the molecule is COc1ccc([Si](C)(C)[C@@H]2[C@@H](CC(=O)N(CCO)Cc3ccccc3)O[C@]3(C(=O)N(Cc4ccc(N5C(=O)CC5OC(C)=O)cc4)c4ccc(OC)cc43)[C@H]2C)cc1. The lowest BCUT2D eigenvalue weighted by atomic mass is 9.82. The molecule has 3 aliphatic rings. The Morgan fingerprint density at radius 1 is 0.914 bits per heavy atom. The molecule has 2 saturated heterocycles. The first-order valence-corrected chi connectivity index (χ1v) is 22.7. The van der Waals surface area contributed by atoms with Crippen LogP contribution in [0.1, 0.15) is 43.4 Å². The molecule has 13 heteroatoms. The lowest BCUT2D eigenvalue weighted by molar-refractivity contribution is -0.154. The number of carbonyl (C=O) groups excluding carboxylic acids is 4. The molecule has 4 aromatic rings. The maximum atomic E-state index is 15.4. The topological polar surface area (TPSA) is 135 Å². The number of benzene rings is 4. The summed E-state index contributed by atoms with van der Waals surface area (Å²) < 4.78 is 23.7. The van der Waals surface area contributed by atoms with Gasteiger partial charge in [0.25, 0.3) is 5.91 Å². The highest BCUT2D eigenvalue weighted by Crippen LogP contribution is 2.60. The second-order valence-corrected chi connectivity index (χ2v) is 20.5. The van der Waals surface area contributed by atoms with Gasteiger partial charge in [-0.1, -0.05) is 79.8 Å². The van der Waals surface area contributed by atoms with Crippen LogP contribution in [-0.4, -0.2) is 81.5 Å². The van der Waals surface area contributed by atoms with Crippen molar-refractivity contribution in [2.45, 2.75) is 76.3 Å². The van der Waals surface area contributed by atoms with E-state index in [1.54, 1.807) is 36.2 Å². The first-order valence-electron chi connectivity index (χ1n) is 19.7. The molecule has 0 radical (unpaired) electrons. The van der Waals surface area contributed by atoms with Crippen molar-refractivity contribution in [1.82, 2.24) is 4.90 Å². The number of fused-ring (bicyclic) bond motifs is 2. The molecular formula is C45H51N3O9Si. The third-order valence-electron chi connectivity index (χ3n) is 12.1. The number of aliphatic hydroxyl groups is 1. The van der Waals surface area contributed by atoms with Crippen LogP contribution in [0.4, 0.5) is 11.4 Å². The Morgan fingerprint density at radius 2 is 1.59 bits per heavy atom. The number of hydrogen-bond acceptors (Lipinski definition) is 9. The first kappa shape index (κ1) is 40.7. The lowest BCUT2D eigenvalue weighted by Gasteiger charge is -2.39. The highest BCUT2D eigenvalue weighted by atomic mass is 28.3. The Morgan fingerprint density at radius 3 is 2.21 bits per heavy atom. The van der Waals surface area contributed by atoms with Crippen molar-refractivity contribution >= 4 is 48.3 Å². The van der Waals surface area contributed by atoms with E-state index in [9.17, 15) is 19.5 Å². The van der Waals surface area contributed by atoms with Crippen LogP contribution in [0.2, 0.25) is 18.6 Å². The van der Waals surface area contributed by atoms with Crippen LogP contribution >= 0.6 is 0 Å². The van der Waals surface area contributed by atoms with Crippen molar-refractivity contribution in [1.29, 1.82) is 0 Å². The van der Waals surface area contributed by atoms with Gasteiger partial charge in [0.05, 0.1) is 60.1 Å². The van der Waals surface area contributed by atoms with Gasteiger partial charge in [-0.25, -0.2) is 0 Å². The molecule has 12 nitrogen and oxygen atoms in total. The quantitative estimate of drug-likeness (QED) is 0.0996. The van der Waals surface area contributed by atoms with Crippen molar-refractivity contribution in [2.24, 2.45) is 5.92 Å². The second kappa shape index (κ2) is 16.4. The molecule has 3 aliphatic heterocycles. The predicted octanol–water partition coefficient (Wildman–Crippen LogP) is 5.50. The molecular weight excluding hydrogens is 755 g/mol. The Bertz CT molecular complexity index is 2160. The number of rotatable bonds is 14. The van der Waals surface area contributed by atoms with Gasteiger partial charge in [-0.05, 0) is 59.1 Å². The molecule has 0 saturated carbocycles. The zero-order valence-electron chi connectivity index (χ0n) is 33.8. The molecule has 0 aromatic heterocycles. The third-order valence-corrected chi connectivity index (χ3v) is 16.5. The number of esters is 1. The van der Waals surface area contributed by atoms with Gasteiger partial charge in [0.1, 0.15) is 11.5 Å². The normalized spacial score (nSPS) is 22.5. The highest BCUT2D eigenvalue weighted by Gasteiger charge is 2.66. The van der Waals surface area contributed by atoms with Gasteiger partial charge in [0, 0.05) is 37.2 Å². The molecule has 2 fully saturated rings. The fourth-order valence-corrected chi connectivity index (χ4v) is 13.2. The molecule has 58 heavy (non-hydrogen) atoms. The molecule has 0 aliphatic carbocycles. The Kier molecular flexibility index (Phi) is 11.5. The van der Waals surface area contributed by atoms with Crippen molar-refractivity contribution in [3.8, 4) is 11.5 Å². The number of carbonyl (C=O) groups is 4. The fourth-order valence-electron chi connectivity index (χ4n) is 9.22. The average Bonchev–Trinajstić information content (AvgIpc) is 3.63. The number of hydrogen-bond donors (Lipinski definition) is 1. The van der Waals surface area contributed by atoms with Crippen molar-refractivity contribution in [3.63, 3.8) is 0 Å². The summed E-state index contributed by atoms with van der Waals surface area (Å²) in [4.78, 5) is 58.7. The van der Waals surface area contributed by atoms with Crippen LogP contribution in [0.3, 0.4) is 0 Å². The van der Waals surface area contributed by atoms with Crippen molar-refractivity contribution in [3.05, 3.63) is 114 Å². The molecule has 4 aromatic carbocycles. The summed E-state index contributed by atoms with van der Waals surface area (Å²) in [6.45, 7) is 8.44. The Balaban J connectivity index is 1.25. The largest absolute Gasteiger partial charge is 0.497 e. The van der Waals surface area contributed by atoms with Gasteiger partial charge in [-0.15, -0.1) is 0 Å². The standard InChI is InChI=1S/C45H51N3O9Si/c1-29-43(58(5,6)36-19-16-34(54-3)17-20-36)39(25-40(51)46(22-23-49)27-31-10-8-7-9-11-31)57-45(29)37-24-35(55-4)18-21-38(37)47(44(45)53)28-32-12-14-33(15-13-32)48-41(52)26-42(48)56-30(2)50/h7-21,24,29,39,42-43,49H,22-23,25-28H2,1-6H3/t29-,39+,42?,43-,45+/m0/s1. The van der Waals surface area contributed by atoms with Gasteiger partial charge < -0.3 is 33.9 Å². The van der Waals surface area contributed by atoms with E-state index < -0.39 is 32.0 Å². The van der Waals surface area contributed by atoms with E-state index in [0.717, 1.165) is 22.1 Å². The van der Waals surface area contributed by atoms with Gasteiger partial charge in [0.15, 0.2) is 11.8 Å². The molecule has 1 N–H and O–H groups in total. The summed E-state index contributed by atoms with van der Waals surface area (Å²) in [5, 5.41) is 11.2. The number of ether oxygens (including phenoxy) is 4. The maximum absolute atomic E-state index is 15.4. The van der Waals surface area contributed by atoms with Gasteiger partial charge in [-0.3, -0.25) is 24.1 Å². The molecule has 3 heterocycles. The number of aliphatic hydroxyl groups excluding tert-OH is 1. The van der Waals surface area contributed by atoms with E-state index in [1.165, 1.54) is 11.8 Å². The molecule has 304 valence electrons. The predicted molar refractivity (Wildman–Crippen MR) is 221 cm³/mol. The van der Waals surface area contributed by atoms with Crippen LogP contribution in [0.15, 0.2) is 97.1 Å². The maximum Gasteiger partial charge on any atom is 0.304 e. The Hall–Kier alpha value is -5.50. The van der Waals surface area contributed by atoms with E-state index >= 15 is 4.79 Å². The van der Waals surface area contributed by atoms with E-state index in [-0.39, 0.29) is 61.7 Å². The number of methoxy groups -OCH3 is 2. The number of amides is 3. The van der Waals surface area contributed by atoms with Crippen LogP contribution in [0, 0.1) is 5.92 Å². The van der Waals surface area contributed by atoms with E-state index in [0.29, 0.717) is 29.2 Å². The summed E-state index contributed by atoms with van der Waals surface area (Å²) in [5.41, 5.74) is 2.11. The summed E-state index contributed by atoms with van der Waals surface area (Å²) in [5.74, 6) is -0.0425. The zero-order valence-corrected chi connectivity index (χ0v) is 34.8. The second-order valence-electron chi connectivity index (χ2n) is 15.9. The van der Waals surface area contributed by atoms with Crippen molar-refractivity contribution in [2.75, 3.05) is 37.2 Å². The lowest BCUT2D eigenvalue weighted by Crippen LogP contribution is -2.54. The van der Waals surface area contributed by atoms with Gasteiger partial charge >= 0.3 is 5.97 Å². The number of β-lactam (4-membered cyclic amide) rings is 1. The minimum absolute atomic E-state index is 0.0216. The molecule has 5 atom stereocenters. The van der Waals surface area contributed by atoms with Crippen LogP contribution in [-0.2, 0) is 47.3 Å². The van der Waals surface area contributed by atoms with Crippen LogP contribution < -0.4 is 24.5 Å². The van der Waals surface area contributed by atoms with Gasteiger partial charge in [-0.2, -0.15) is 0 Å². The average molecular weight is 806 g/mol. The summed E-state index contributed by atoms with van der Waals surface area (Å²) >= 11 is 0. The number of nitrogens with zero attached hydrogens (tertiary/aromatic N) is 3. The monoisotopic (exact) mass is 805 g/mol. The summed E-state index contributed by atoms with van der Waals surface area (Å²) in [6, 6.07) is 30.6. The van der Waals surface area contributed by atoms with Crippen molar-refractivity contribution < 1.29 is 43.2 Å². The Labute approximate surface area is 340 Å². The van der Waals surface area contributed by atoms with Gasteiger partial charge in [0.2, 0.25) is 11.8 Å². The van der Waals surface area contributed by atoms with E-state index in [2.05, 4.69) is 32.2 Å². The van der Waals surface area contributed by atoms with Crippen LogP contribution in [0.5, 0.6) is 11.5 Å². The smallest absolute Gasteiger partial charge is 0.304 e. The van der Waals surface area contributed by atoms with E-state index in [1.807, 2.05) is 72.8 Å². The molecule has 0 bridgehead atoms. The minimum atomic E-state index is -2.57. The first-order chi connectivity index (χ1) is 27.8. The highest BCUT2D eigenvalue weighted by molar-refractivity contribution is 6.91. The number of anilines is 2. The summed E-state index contributed by atoms with van der Waals surface area (Å²) in [6.07, 6.45) is -1.13. The third kappa shape index (κ3) is 7.38. The van der Waals surface area contributed by atoms with Crippen LogP contribution in [0.25, 0.3) is 0 Å². The zero-order chi connectivity index (χ0) is 41.4. The molecule has 1 spiro atoms. The van der Waals surface area contributed by atoms with E-state index in [4.69, 9.17) is 18.9 Å². The molecule has 7 rings (SSSR count). The molecule has 1 unspecified atom stereocenters. The summed E-state index contributed by atoms with van der Waals surface area (Å²) in [7, 11) is 0.654. The minimum Gasteiger partial charge on any atom is -0.497 e.